The minimum Gasteiger partial charge on any atom is -0.497 e. The van der Waals surface area contributed by atoms with E-state index in [0.717, 1.165) is 0 Å². The molecule has 1 heterocycles. The Morgan fingerprint density at radius 1 is 1.19 bits per heavy atom. The van der Waals surface area contributed by atoms with Gasteiger partial charge in [0.15, 0.2) is 5.82 Å². The van der Waals surface area contributed by atoms with Gasteiger partial charge in [-0.15, -0.1) is 0 Å². The Labute approximate surface area is 120 Å². The zero-order chi connectivity index (χ0) is 15.4. The van der Waals surface area contributed by atoms with Crippen molar-refractivity contribution in [1.29, 1.82) is 0 Å². The maximum atomic E-state index is 11.4. The van der Waals surface area contributed by atoms with Crippen molar-refractivity contribution in [3.63, 3.8) is 0 Å². The molecule has 1 aromatic carbocycles. The summed E-state index contributed by atoms with van der Waals surface area (Å²) in [4.78, 5) is 22.7. The summed E-state index contributed by atoms with van der Waals surface area (Å²) in [5.74, 6) is 0.355. The fraction of sp³-hybridized carbons (Fsp3) is 0.167. The minimum atomic E-state index is -0.623. The highest BCUT2D eigenvalue weighted by Gasteiger charge is 2.12. The van der Waals surface area contributed by atoms with Crippen LogP contribution in [0, 0.1) is 0 Å². The summed E-state index contributed by atoms with van der Waals surface area (Å²) in [6.45, 7) is -0.0512. The zero-order valence-electron chi connectivity index (χ0n) is 11.2. The molecule has 0 saturated carbocycles. The predicted molar refractivity (Wildman–Crippen MR) is 74.5 cm³/mol. The first-order valence-electron chi connectivity index (χ1n) is 5.86. The van der Waals surface area contributed by atoms with Gasteiger partial charge in [0.05, 0.1) is 12.7 Å². The van der Waals surface area contributed by atoms with Crippen molar-refractivity contribution < 1.29 is 14.3 Å². The molecule has 0 atom stereocenters. The van der Waals surface area contributed by atoms with Crippen molar-refractivity contribution in [1.82, 2.24) is 15.0 Å². The van der Waals surface area contributed by atoms with E-state index in [4.69, 9.17) is 26.7 Å². The molecule has 0 spiro atoms. The summed E-state index contributed by atoms with van der Waals surface area (Å²) in [7, 11) is 1.50. The monoisotopic (exact) mass is 290 g/mol. The molecule has 0 aliphatic heterocycles. The largest absolute Gasteiger partial charge is 0.497 e. The van der Waals surface area contributed by atoms with Crippen LogP contribution < -0.4 is 26.7 Å². The van der Waals surface area contributed by atoms with E-state index in [-0.39, 0.29) is 35.6 Å². The number of hydrogen-bond acceptors (Lipinski definition) is 8. The van der Waals surface area contributed by atoms with Crippen molar-refractivity contribution in [3.05, 3.63) is 29.6 Å². The van der Waals surface area contributed by atoms with Crippen LogP contribution >= 0.6 is 0 Å². The molecule has 1 amide bonds. The normalized spacial score (nSPS) is 10.1. The van der Waals surface area contributed by atoms with Gasteiger partial charge in [-0.3, -0.25) is 4.79 Å². The first kappa shape index (κ1) is 14.3. The number of primary amides is 1. The Morgan fingerprint density at radius 3 is 2.43 bits per heavy atom. The van der Waals surface area contributed by atoms with Crippen LogP contribution in [0.25, 0.3) is 0 Å². The number of nitrogens with zero attached hydrogens (tertiary/aromatic N) is 3. The molecular weight excluding hydrogens is 276 g/mol. The summed E-state index contributed by atoms with van der Waals surface area (Å²) in [6.07, 6.45) is 0. The lowest BCUT2D eigenvalue weighted by Gasteiger charge is -2.10. The Kier molecular flexibility index (Phi) is 4.02. The van der Waals surface area contributed by atoms with E-state index < -0.39 is 5.91 Å². The minimum absolute atomic E-state index is 0.0122. The van der Waals surface area contributed by atoms with E-state index in [1.54, 1.807) is 6.07 Å². The zero-order valence-corrected chi connectivity index (χ0v) is 11.2. The molecule has 0 saturated heterocycles. The quantitative estimate of drug-likeness (QED) is 0.679. The van der Waals surface area contributed by atoms with Gasteiger partial charge in [-0.05, 0) is 12.1 Å². The van der Waals surface area contributed by atoms with Gasteiger partial charge in [-0.25, -0.2) is 0 Å². The number of carbonyl (C=O) groups excluding carboxylic acids is 1. The molecule has 0 aliphatic rings. The van der Waals surface area contributed by atoms with Gasteiger partial charge in [0, 0.05) is 6.07 Å². The smallest absolute Gasteiger partial charge is 0.252 e. The molecule has 0 aliphatic carbocycles. The first-order chi connectivity index (χ1) is 9.99. The Bertz CT molecular complexity index is 656. The number of hydrogen-bond donors (Lipinski definition) is 3. The second-order valence-corrected chi connectivity index (χ2v) is 3.98. The molecule has 9 heteroatoms. The Hall–Kier alpha value is -3.10. The second-order valence-electron chi connectivity index (χ2n) is 3.98. The molecule has 0 unspecified atom stereocenters. The van der Waals surface area contributed by atoms with Crippen LogP contribution in [-0.4, -0.2) is 28.0 Å². The number of aromatic nitrogens is 3. The fourth-order valence-corrected chi connectivity index (χ4v) is 1.62. The van der Waals surface area contributed by atoms with Crippen LogP contribution in [-0.2, 0) is 6.61 Å². The molecule has 2 aromatic rings. The van der Waals surface area contributed by atoms with Gasteiger partial charge in [-0.2, -0.15) is 15.0 Å². The van der Waals surface area contributed by atoms with Gasteiger partial charge >= 0.3 is 0 Å². The number of rotatable bonds is 5. The molecule has 0 radical (unpaired) electrons. The lowest BCUT2D eigenvalue weighted by Crippen LogP contribution is -2.14. The molecule has 9 nitrogen and oxygen atoms in total. The fourth-order valence-electron chi connectivity index (χ4n) is 1.62. The van der Waals surface area contributed by atoms with E-state index in [0.29, 0.717) is 5.75 Å². The summed E-state index contributed by atoms with van der Waals surface area (Å²) in [5, 5.41) is 0. The highest BCUT2D eigenvalue weighted by Crippen LogP contribution is 2.25. The molecule has 0 bridgehead atoms. The predicted octanol–water partition coefficient (Wildman–Crippen LogP) is -0.277. The second kappa shape index (κ2) is 5.90. The SMILES string of the molecule is COc1ccc(C(N)=O)c(OCc2nc(N)nc(N)n2)c1. The topological polar surface area (TPSA) is 152 Å². The molecular formula is C12H14N6O3. The van der Waals surface area contributed by atoms with Gasteiger partial charge < -0.3 is 26.7 Å². The van der Waals surface area contributed by atoms with Crippen molar-refractivity contribution in [2.45, 2.75) is 6.61 Å². The summed E-state index contributed by atoms with van der Waals surface area (Å²) < 4.78 is 10.6. The lowest BCUT2D eigenvalue weighted by molar-refractivity contribution is 0.0995. The standard InChI is InChI=1S/C12H14N6O3/c1-20-6-2-3-7(10(13)19)8(4-6)21-5-9-16-11(14)18-12(15)17-9/h2-4H,5H2,1H3,(H2,13,19)(H4,14,15,16,17,18). The number of nitrogen functional groups attached to an aromatic ring is 2. The van der Waals surface area contributed by atoms with E-state index in [1.807, 2.05) is 0 Å². The third kappa shape index (κ3) is 3.47. The molecule has 1 aromatic heterocycles. The molecule has 6 N–H and O–H groups in total. The maximum absolute atomic E-state index is 11.4. The molecule has 110 valence electrons. The van der Waals surface area contributed by atoms with Crippen LogP contribution in [0.5, 0.6) is 11.5 Å². The summed E-state index contributed by atoms with van der Waals surface area (Å²) >= 11 is 0. The average Bonchev–Trinajstić information content (AvgIpc) is 2.43. The van der Waals surface area contributed by atoms with E-state index >= 15 is 0 Å². The lowest BCUT2D eigenvalue weighted by atomic mass is 10.2. The average molecular weight is 290 g/mol. The first-order valence-corrected chi connectivity index (χ1v) is 5.86. The highest BCUT2D eigenvalue weighted by atomic mass is 16.5. The number of ether oxygens (including phenoxy) is 2. The third-order valence-corrected chi connectivity index (χ3v) is 2.53. The van der Waals surface area contributed by atoms with Gasteiger partial charge in [-0.1, -0.05) is 0 Å². The van der Waals surface area contributed by atoms with Crippen molar-refractivity contribution >= 4 is 17.8 Å². The number of amides is 1. The molecule has 2 rings (SSSR count). The number of anilines is 2. The Balaban J connectivity index is 2.23. The molecule has 21 heavy (non-hydrogen) atoms. The van der Waals surface area contributed by atoms with Crippen molar-refractivity contribution in [2.75, 3.05) is 18.6 Å². The van der Waals surface area contributed by atoms with Crippen LogP contribution in [0.2, 0.25) is 0 Å². The van der Waals surface area contributed by atoms with Crippen molar-refractivity contribution in [3.8, 4) is 11.5 Å². The van der Waals surface area contributed by atoms with E-state index in [1.165, 1.54) is 19.2 Å². The van der Waals surface area contributed by atoms with Gasteiger partial charge in [0.25, 0.3) is 5.91 Å². The van der Waals surface area contributed by atoms with E-state index in [2.05, 4.69) is 15.0 Å². The summed E-state index contributed by atoms with van der Waals surface area (Å²) in [6, 6.07) is 4.65. The Morgan fingerprint density at radius 2 is 1.86 bits per heavy atom. The van der Waals surface area contributed by atoms with Crippen LogP contribution in [0.1, 0.15) is 16.2 Å². The van der Waals surface area contributed by atoms with E-state index in [9.17, 15) is 4.79 Å². The van der Waals surface area contributed by atoms with Crippen LogP contribution in [0.3, 0.4) is 0 Å². The number of benzene rings is 1. The number of carbonyl (C=O) groups is 1. The van der Waals surface area contributed by atoms with Crippen molar-refractivity contribution in [2.24, 2.45) is 5.73 Å². The van der Waals surface area contributed by atoms with Crippen LogP contribution in [0.4, 0.5) is 11.9 Å². The van der Waals surface area contributed by atoms with Crippen LogP contribution in [0.15, 0.2) is 18.2 Å². The third-order valence-electron chi connectivity index (χ3n) is 2.53. The van der Waals surface area contributed by atoms with Gasteiger partial charge in [0.1, 0.15) is 18.1 Å². The number of nitrogens with two attached hydrogens (primary N) is 3. The number of methoxy groups -OCH3 is 1. The van der Waals surface area contributed by atoms with Gasteiger partial charge in [0.2, 0.25) is 11.9 Å². The maximum Gasteiger partial charge on any atom is 0.252 e. The molecule has 0 fully saturated rings. The summed E-state index contributed by atoms with van der Waals surface area (Å²) in [5.41, 5.74) is 16.4. The highest BCUT2D eigenvalue weighted by molar-refractivity contribution is 5.95.